The van der Waals surface area contributed by atoms with E-state index in [4.69, 9.17) is 0 Å². The van der Waals surface area contributed by atoms with Crippen LogP contribution < -0.4 is 5.32 Å². The molecule has 2 aliphatic heterocycles. The molecule has 1 N–H and O–H groups in total. The summed E-state index contributed by atoms with van der Waals surface area (Å²) in [5.74, 6) is -1.24. The lowest BCUT2D eigenvalue weighted by Gasteiger charge is -2.37. The maximum absolute atomic E-state index is 12.4. The van der Waals surface area contributed by atoms with Crippen molar-refractivity contribution >= 4 is 23.6 Å². The van der Waals surface area contributed by atoms with Crippen molar-refractivity contribution in [2.75, 3.05) is 19.6 Å². The van der Waals surface area contributed by atoms with Crippen molar-refractivity contribution in [1.82, 2.24) is 15.1 Å². The van der Waals surface area contributed by atoms with E-state index in [0.29, 0.717) is 25.9 Å². The van der Waals surface area contributed by atoms with Crippen LogP contribution in [0.15, 0.2) is 0 Å². The van der Waals surface area contributed by atoms with E-state index < -0.39 is 17.9 Å². The van der Waals surface area contributed by atoms with Crippen LogP contribution in [0.4, 0.5) is 0 Å². The summed E-state index contributed by atoms with van der Waals surface area (Å²) < 4.78 is 0. The van der Waals surface area contributed by atoms with E-state index in [9.17, 15) is 19.2 Å². The van der Waals surface area contributed by atoms with Crippen molar-refractivity contribution in [3.8, 4) is 0 Å². The average Bonchev–Trinajstić information content (AvgIpc) is 2.42. The van der Waals surface area contributed by atoms with Crippen molar-refractivity contribution in [2.24, 2.45) is 5.92 Å². The van der Waals surface area contributed by atoms with Crippen molar-refractivity contribution in [3.05, 3.63) is 0 Å². The predicted octanol–water partition coefficient (Wildman–Crippen LogP) is -0.882. The molecule has 20 heavy (non-hydrogen) atoms. The molecule has 7 nitrogen and oxygen atoms in total. The summed E-state index contributed by atoms with van der Waals surface area (Å²) in [5.41, 5.74) is 0. The number of hydrogen-bond donors (Lipinski definition) is 1. The maximum Gasteiger partial charge on any atom is 0.249 e. The minimum Gasteiger partial charge on any atom is -0.343 e. The van der Waals surface area contributed by atoms with Gasteiger partial charge in [-0.1, -0.05) is 0 Å². The average molecular weight is 281 g/mol. The Morgan fingerprint density at radius 2 is 1.80 bits per heavy atom. The number of carbonyl (C=O) groups is 4. The molecule has 2 fully saturated rings. The SMILES string of the molecule is CC(=O)N1CCC(C(=O)N2CC(=O)NC(=O)C2C)CC1. The molecule has 2 rings (SSSR count). The highest BCUT2D eigenvalue weighted by atomic mass is 16.2. The van der Waals surface area contributed by atoms with Crippen molar-refractivity contribution in [3.63, 3.8) is 0 Å². The molecule has 0 saturated carbocycles. The summed E-state index contributed by atoms with van der Waals surface area (Å²) in [6, 6.07) is -0.619. The number of nitrogens with one attached hydrogen (secondary N) is 1. The van der Waals surface area contributed by atoms with Gasteiger partial charge in [-0.15, -0.1) is 0 Å². The molecule has 2 aliphatic rings. The first-order valence-electron chi connectivity index (χ1n) is 6.80. The first-order valence-corrected chi connectivity index (χ1v) is 6.80. The standard InChI is InChI=1S/C13H19N3O4/c1-8-12(19)14-11(18)7-16(8)13(20)10-3-5-15(6-4-10)9(2)17/h8,10H,3-7H2,1-2H3,(H,14,18,19). The zero-order chi connectivity index (χ0) is 14.9. The summed E-state index contributed by atoms with van der Waals surface area (Å²) >= 11 is 0. The lowest BCUT2D eigenvalue weighted by atomic mass is 9.94. The minimum atomic E-state index is -0.619. The number of carbonyl (C=O) groups excluding carboxylic acids is 4. The molecule has 0 aromatic carbocycles. The highest BCUT2D eigenvalue weighted by Gasteiger charge is 2.37. The van der Waals surface area contributed by atoms with E-state index in [1.165, 1.54) is 11.8 Å². The summed E-state index contributed by atoms with van der Waals surface area (Å²) in [6.07, 6.45) is 1.16. The van der Waals surface area contributed by atoms with E-state index in [1.807, 2.05) is 0 Å². The Hall–Kier alpha value is -1.92. The molecule has 4 amide bonds. The molecule has 2 heterocycles. The van der Waals surface area contributed by atoms with Crippen molar-refractivity contribution < 1.29 is 19.2 Å². The second-order valence-corrected chi connectivity index (χ2v) is 5.33. The van der Waals surface area contributed by atoms with E-state index >= 15 is 0 Å². The van der Waals surface area contributed by atoms with E-state index in [-0.39, 0.29) is 24.3 Å². The molecule has 1 unspecified atom stereocenters. The molecule has 1 atom stereocenters. The zero-order valence-corrected chi connectivity index (χ0v) is 11.7. The molecular formula is C13H19N3O4. The largest absolute Gasteiger partial charge is 0.343 e. The van der Waals surface area contributed by atoms with Crippen LogP contribution in [0.2, 0.25) is 0 Å². The second-order valence-electron chi connectivity index (χ2n) is 5.33. The summed E-state index contributed by atoms with van der Waals surface area (Å²) in [4.78, 5) is 49.7. The zero-order valence-electron chi connectivity index (χ0n) is 11.7. The number of rotatable bonds is 1. The Morgan fingerprint density at radius 3 is 2.35 bits per heavy atom. The first kappa shape index (κ1) is 14.5. The highest BCUT2D eigenvalue weighted by Crippen LogP contribution is 2.21. The summed E-state index contributed by atoms with van der Waals surface area (Å²) in [5, 5.41) is 2.21. The molecule has 0 spiro atoms. The number of nitrogens with zero attached hydrogens (tertiary/aromatic N) is 2. The number of amides is 4. The van der Waals surface area contributed by atoms with Gasteiger partial charge in [0.05, 0.1) is 0 Å². The third kappa shape index (κ3) is 2.81. The molecule has 0 aliphatic carbocycles. The van der Waals surface area contributed by atoms with Gasteiger partial charge < -0.3 is 9.80 Å². The number of piperidine rings is 1. The van der Waals surface area contributed by atoms with Crippen LogP contribution >= 0.6 is 0 Å². The first-order chi connectivity index (χ1) is 9.40. The van der Waals surface area contributed by atoms with Crippen LogP contribution in [0.3, 0.4) is 0 Å². The van der Waals surface area contributed by atoms with Gasteiger partial charge in [-0.05, 0) is 19.8 Å². The van der Waals surface area contributed by atoms with E-state index in [0.717, 1.165) is 0 Å². The van der Waals surface area contributed by atoms with E-state index in [1.54, 1.807) is 11.8 Å². The fourth-order valence-corrected chi connectivity index (χ4v) is 2.66. The van der Waals surface area contributed by atoms with Crippen LogP contribution in [0.5, 0.6) is 0 Å². The lowest BCUT2D eigenvalue weighted by Crippen LogP contribution is -2.60. The quantitative estimate of drug-likeness (QED) is 0.632. The fraction of sp³-hybridized carbons (Fsp3) is 0.692. The summed E-state index contributed by atoms with van der Waals surface area (Å²) in [6.45, 7) is 4.16. The second kappa shape index (κ2) is 5.60. The normalized spacial score (nSPS) is 24.6. The van der Waals surface area contributed by atoms with Gasteiger partial charge >= 0.3 is 0 Å². The molecule has 110 valence electrons. The topological polar surface area (TPSA) is 86.8 Å². The number of likely N-dealkylation sites (tertiary alicyclic amines) is 1. The number of imide groups is 1. The van der Waals surface area contributed by atoms with Gasteiger partial charge in [0.25, 0.3) is 0 Å². The Kier molecular flexibility index (Phi) is 4.06. The van der Waals surface area contributed by atoms with Crippen LogP contribution in [0.1, 0.15) is 26.7 Å². The monoisotopic (exact) mass is 281 g/mol. The number of piperazine rings is 1. The third-order valence-electron chi connectivity index (χ3n) is 4.00. The van der Waals surface area contributed by atoms with Gasteiger partial charge in [-0.25, -0.2) is 0 Å². The smallest absolute Gasteiger partial charge is 0.249 e. The van der Waals surface area contributed by atoms with Crippen molar-refractivity contribution in [1.29, 1.82) is 0 Å². The molecule has 0 bridgehead atoms. The minimum absolute atomic E-state index is 0.0109. The van der Waals surface area contributed by atoms with Gasteiger partial charge in [0.2, 0.25) is 23.6 Å². The van der Waals surface area contributed by atoms with Gasteiger partial charge in [0.15, 0.2) is 0 Å². The molecule has 0 aromatic rings. The molecule has 7 heteroatoms. The highest BCUT2D eigenvalue weighted by molar-refractivity contribution is 6.04. The van der Waals surface area contributed by atoms with Crippen LogP contribution in [-0.4, -0.2) is 59.1 Å². The van der Waals surface area contributed by atoms with Crippen LogP contribution in [-0.2, 0) is 19.2 Å². The lowest BCUT2D eigenvalue weighted by molar-refractivity contribution is -0.152. The van der Waals surface area contributed by atoms with Gasteiger partial charge in [0.1, 0.15) is 12.6 Å². The molecule has 2 saturated heterocycles. The summed E-state index contributed by atoms with van der Waals surface area (Å²) in [7, 11) is 0. The molecular weight excluding hydrogens is 262 g/mol. The Bertz CT molecular complexity index is 455. The van der Waals surface area contributed by atoms with Crippen LogP contribution in [0, 0.1) is 5.92 Å². The number of hydrogen-bond acceptors (Lipinski definition) is 4. The van der Waals surface area contributed by atoms with Crippen molar-refractivity contribution in [2.45, 2.75) is 32.7 Å². The maximum atomic E-state index is 12.4. The third-order valence-corrected chi connectivity index (χ3v) is 4.00. The Balaban J connectivity index is 1.99. The Labute approximate surface area is 117 Å². The fourth-order valence-electron chi connectivity index (χ4n) is 2.66. The molecule has 0 aromatic heterocycles. The van der Waals surface area contributed by atoms with Gasteiger partial charge in [-0.3, -0.25) is 24.5 Å². The Morgan fingerprint density at radius 1 is 1.20 bits per heavy atom. The van der Waals surface area contributed by atoms with Crippen LogP contribution in [0.25, 0.3) is 0 Å². The van der Waals surface area contributed by atoms with E-state index in [2.05, 4.69) is 5.32 Å². The van der Waals surface area contributed by atoms with Gasteiger partial charge in [-0.2, -0.15) is 0 Å². The van der Waals surface area contributed by atoms with Gasteiger partial charge in [0, 0.05) is 25.9 Å². The predicted molar refractivity (Wildman–Crippen MR) is 69.3 cm³/mol. The molecule has 0 radical (unpaired) electrons.